The number of hydrogen-bond acceptors (Lipinski definition) is 2. The minimum Gasteiger partial charge on any atom is -0.472 e. The Bertz CT molecular complexity index is 280. The van der Waals surface area contributed by atoms with Gasteiger partial charge in [0.25, 0.3) is 0 Å². The molecule has 2 nitrogen and oxygen atoms in total. The van der Waals surface area contributed by atoms with E-state index in [1.54, 1.807) is 0 Å². The van der Waals surface area contributed by atoms with Gasteiger partial charge in [0, 0.05) is 6.07 Å². The summed E-state index contributed by atoms with van der Waals surface area (Å²) in [6.07, 6.45) is 0. The van der Waals surface area contributed by atoms with E-state index in [-0.39, 0.29) is 5.60 Å². The molecular weight excluding hydrogens is 186 g/mol. The van der Waals surface area contributed by atoms with E-state index >= 15 is 0 Å². The lowest BCUT2D eigenvalue weighted by Crippen LogP contribution is -2.23. The third-order valence-electron chi connectivity index (χ3n) is 1.33. The normalized spacial score (nSPS) is 11.4. The summed E-state index contributed by atoms with van der Waals surface area (Å²) in [4.78, 5) is 4.22. The maximum atomic E-state index is 5.65. The summed E-state index contributed by atoms with van der Waals surface area (Å²) in [7, 11) is 0. The summed E-state index contributed by atoms with van der Waals surface area (Å²) >= 11 is 5.65. The van der Waals surface area contributed by atoms with E-state index in [0.29, 0.717) is 11.8 Å². The smallest absolute Gasteiger partial charge is 0.213 e. The molecule has 1 aromatic heterocycles. The molecule has 13 heavy (non-hydrogen) atoms. The molecule has 1 rings (SSSR count). The molecule has 0 aliphatic heterocycles. The van der Waals surface area contributed by atoms with E-state index in [2.05, 4.69) is 4.98 Å². The molecule has 0 radical (unpaired) electrons. The van der Waals surface area contributed by atoms with Gasteiger partial charge in [-0.2, -0.15) is 0 Å². The highest BCUT2D eigenvalue weighted by atomic mass is 35.5. The molecule has 72 valence electrons. The fraction of sp³-hybridized carbons (Fsp3) is 0.500. The molecule has 0 saturated carbocycles. The van der Waals surface area contributed by atoms with Gasteiger partial charge in [-0.15, -0.1) is 11.6 Å². The molecule has 1 heterocycles. The standard InChI is InChI=1S/C10H14ClNO/c1-10(2,3)13-9-6-4-5-8(7-11)12-9/h4-6H,7H2,1-3H3. The number of nitrogens with zero attached hydrogens (tertiary/aromatic N) is 1. The van der Waals surface area contributed by atoms with E-state index in [9.17, 15) is 0 Å². The predicted octanol–water partition coefficient (Wildman–Crippen LogP) is 3.00. The molecule has 0 unspecified atom stereocenters. The quantitative estimate of drug-likeness (QED) is 0.684. The Kier molecular flexibility index (Phi) is 3.15. The highest BCUT2D eigenvalue weighted by molar-refractivity contribution is 6.16. The molecule has 0 fully saturated rings. The van der Waals surface area contributed by atoms with Gasteiger partial charge >= 0.3 is 0 Å². The summed E-state index contributed by atoms with van der Waals surface area (Å²) in [6.45, 7) is 5.96. The van der Waals surface area contributed by atoms with Crippen molar-refractivity contribution >= 4 is 11.6 Å². The van der Waals surface area contributed by atoms with Crippen LogP contribution in [0.1, 0.15) is 26.5 Å². The lowest BCUT2D eigenvalue weighted by molar-refractivity contribution is 0.124. The van der Waals surface area contributed by atoms with Gasteiger partial charge in [-0.05, 0) is 26.8 Å². The van der Waals surface area contributed by atoms with Gasteiger partial charge in [0.2, 0.25) is 5.88 Å². The lowest BCUT2D eigenvalue weighted by Gasteiger charge is -2.20. The van der Waals surface area contributed by atoms with Gasteiger partial charge in [0.1, 0.15) is 5.60 Å². The first-order valence-electron chi connectivity index (χ1n) is 4.22. The average molecular weight is 200 g/mol. The first-order chi connectivity index (χ1) is 6.01. The number of pyridine rings is 1. The zero-order valence-corrected chi connectivity index (χ0v) is 8.93. The zero-order chi connectivity index (χ0) is 9.90. The first-order valence-corrected chi connectivity index (χ1v) is 4.75. The Labute approximate surface area is 83.9 Å². The van der Waals surface area contributed by atoms with Crippen molar-refractivity contribution in [1.82, 2.24) is 4.98 Å². The highest BCUT2D eigenvalue weighted by Gasteiger charge is 2.12. The second-order valence-corrected chi connectivity index (χ2v) is 4.08. The second kappa shape index (κ2) is 3.97. The van der Waals surface area contributed by atoms with Crippen molar-refractivity contribution in [2.24, 2.45) is 0 Å². The molecule has 0 saturated heterocycles. The Morgan fingerprint density at radius 2 is 2.08 bits per heavy atom. The number of aromatic nitrogens is 1. The van der Waals surface area contributed by atoms with Crippen LogP contribution in [-0.4, -0.2) is 10.6 Å². The van der Waals surface area contributed by atoms with E-state index < -0.39 is 0 Å². The summed E-state index contributed by atoms with van der Waals surface area (Å²) < 4.78 is 5.57. The van der Waals surface area contributed by atoms with E-state index in [0.717, 1.165) is 5.69 Å². The van der Waals surface area contributed by atoms with Crippen molar-refractivity contribution in [2.75, 3.05) is 0 Å². The minimum atomic E-state index is -0.210. The van der Waals surface area contributed by atoms with Crippen LogP contribution in [0.25, 0.3) is 0 Å². The molecule has 0 spiro atoms. The highest BCUT2D eigenvalue weighted by Crippen LogP contribution is 2.15. The van der Waals surface area contributed by atoms with Gasteiger partial charge in [-0.25, -0.2) is 4.98 Å². The molecule has 0 N–H and O–H groups in total. The van der Waals surface area contributed by atoms with E-state index in [1.165, 1.54) is 0 Å². The molecule has 0 bridgehead atoms. The fourth-order valence-corrected chi connectivity index (χ4v) is 1.05. The monoisotopic (exact) mass is 199 g/mol. The van der Waals surface area contributed by atoms with Crippen LogP contribution in [0.5, 0.6) is 5.88 Å². The largest absolute Gasteiger partial charge is 0.472 e. The summed E-state index contributed by atoms with van der Waals surface area (Å²) in [5, 5.41) is 0. The Hall–Kier alpha value is -0.760. The van der Waals surface area contributed by atoms with Gasteiger partial charge < -0.3 is 4.74 Å². The van der Waals surface area contributed by atoms with Crippen LogP contribution in [0.3, 0.4) is 0 Å². The van der Waals surface area contributed by atoms with Crippen LogP contribution in [0.4, 0.5) is 0 Å². The van der Waals surface area contributed by atoms with Crippen molar-refractivity contribution in [3.8, 4) is 5.88 Å². The third kappa shape index (κ3) is 3.64. The van der Waals surface area contributed by atoms with Crippen LogP contribution < -0.4 is 4.74 Å². The van der Waals surface area contributed by atoms with Gasteiger partial charge in [0.05, 0.1) is 11.6 Å². The number of rotatable bonds is 2. The molecule has 3 heteroatoms. The molecule has 1 aromatic rings. The minimum absolute atomic E-state index is 0.210. The average Bonchev–Trinajstić information content (AvgIpc) is 2.01. The molecule has 0 aliphatic rings. The molecule has 0 aromatic carbocycles. The third-order valence-corrected chi connectivity index (χ3v) is 1.60. The number of alkyl halides is 1. The Balaban J connectivity index is 2.78. The Morgan fingerprint density at radius 1 is 1.38 bits per heavy atom. The van der Waals surface area contributed by atoms with Crippen molar-refractivity contribution in [3.05, 3.63) is 23.9 Å². The van der Waals surface area contributed by atoms with E-state index in [1.807, 2.05) is 39.0 Å². The van der Waals surface area contributed by atoms with E-state index in [4.69, 9.17) is 16.3 Å². The topological polar surface area (TPSA) is 22.1 Å². The van der Waals surface area contributed by atoms with Gasteiger partial charge in [-0.3, -0.25) is 0 Å². The second-order valence-electron chi connectivity index (χ2n) is 3.82. The number of ether oxygens (including phenoxy) is 1. The van der Waals surface area contributed by atoms with Crippen LogP contribution in [0.15, 0.2) is 18.2 Å². The maximum absolute atomic E-state index is 5.65. The molecule has 0 amide bonds. The van der Waals surface area contributed by atoms with Crippen LogP contribution in [0, 0.1) is 0 Å². The van der Waals surface area contributed by atoms with Crippen molar-refractivity contribution in [1.29, 1.82) is 0 Å². The summed E-state index contributed by atoms with van der Waals surface area (Å²) in [5.74, 6) is 1.05. The maximum Gasteiger partial charge on any atom is 0.213 e. The van der Waals surface area contributed by atoms with Crippen molar-refractivity contribution in [3.63, 3.8) is 0 Å². The molecule has 0 aliphatic carbocycles. The zero-order valence-electron chi connectivity index (χ0n) is 8.17. The van der Waals surface area contributed by atoms with Crippen LogP contribution in [-0.2, 0) is 5.88 Å². The van der Waals surface area contributed by atoms with Crippen molar-refractivity contribution in [2.45, 2.75) is 32.3 Å². The summed E-state index contributed by atoms with van der Waals surface area (Å²) in [6, 6.07) is 5.61. The summed E-state index contributed by atoms with van der Waals surface area (Å²) in [5.41, 5.74) is 0.626. The fourth-order valence-electron chi connectivity index (χ4n) is 0.903. The molecule has 0 atom stereocenters. The van der Waals surface area contributed by atoms with Crippen molar-refractivity contribution < 1.29 is 4.74 Å². The molecular formula is C10H14ClNO. The van der Waals surface area contributed by atoms with Crippen LogP contribution in [0.2, 0.25) is 0 Å². The van der Waals surface area contributed by atoms with Crippen LogP contribution >= 0.6 is 11.6 Å². The number of halogens is 1. The van der Waals surface area contributed by atoms with Gasteiger partial charge in [-0.1, -0.05) is 6.07 Å². The number of hydrogen-bond donors (Lipinski definition) is 0. The predicted molar refractivity (Wildman–Crippen MR) is 54.2 cm³/mol. The Morgan fingerprint density at radius 3 is 2.62 bits per heavy atom. The SMILES string of the molecule is CC(C)(C)Oc1cccc(CCl)n1. The van der Waals surface area contributed by atoms with Gasteiger partial charge in [0.15, 0.2) is 0 Å². The first kappa shape index (κ1) is 10.3. The lowest BCUT2D eigenvalue weighted by atomic mass is 10.2.